The first-order valence-corrected chi connectivity index (χ1v) is 3.11. The molecular weight excluding hydrogens is 98.1 g/mol. The third-order valence-electron chi connectivity index (χ3n) is 1.41. The van der Waals surface area contributed by atoms with Gasteiger partial charge in [-0.05, 0) is 12.8 Å². The summed E-state index contributed by atoms with van der Waals surface area (Å²) in [7, 11) is 0. The van der Waals surface area contributed by atoms with Gasteiger partial charge in [0.2, 0.25) is 0 Å². The summed E-state index contributed by atoms with van der Waals surface area (Å²) in [5.74, 6) is 6.10. The van der Waals surface area contributed by atoms with Crippen molar-refractivity contribution >= 4 is 0 Å². The number of nitrogens with two attached hydrogens (primary N) is 1. The summed E-state index contributed by atoms with van der Waals surface area (Å²) < 4.78 is 0. The molecule has 0 aromatic rings. The minimum Gasteiger partial charge on any atom is -0.328 e. The summed E-state index contributed by atoms with van der Waals surface area (Å²) in [6, 6.07) is 0.400. The van der Waals surface area contributed by atoms with Gasteiger partial charge in [0.25, 0.3) is 0 Å². The van der Waals surface area contributed by atoms with E-state index in [-0.39, 0.29) is 0 Å². The first kappa shape index (κ1) is 5.65. The molecule has 8 heavy (non-hydrogen) atoms. The van der Waals surface area contributed by atoms with Crippen LogP contribution in [0.2, 0.25) is 0 Å². The van der Waals surface area contributed by atoms with Crippen LogP contribution in [0, 0.1) is 11.8 Å². The van der Waals surface area contributed by atoms with Gasteiger partial charge in [-0.3, -0.25) is 0 Å². The predicted molar refractivity (Wildman–Crippen MR) is 34.2 cm³/mol. The van der Waals surface area contributed by atoms with Crippen LogP contribution in [0.3, 0.4) is 0 Å². The van der Waals surface area contributed by atoms with Crippen molar-refractivity contribution in [3.63, 3.8) is 0 Å². The lowest BCUT2D eigenvalue weighted by Gasteiger charge is -2.02. The van der Waals surface area contributed by atoms with Crippen molar-refractivity contribution in [2.24, 2.45) is 5.73 Å². The molecule has 44 valence electrons. The molecule has 0 saturated carbocycles. The average molecular weight is 109 g/mol. The van der Waals surface area contributed by atoms with Crippen LogP contribution >= 0.6 is 0 Å². The normalized spacial score (nSPS) is 21.1. The summed E-state index contributed by atoms with van der Waals surface area (Å²) in [6.07, 6.45) is 4.18. The van der Waals surface area contributed by atoms with Crippen LogP contribution in [0.5, 0.6) is 0 Å². The van der Waals surface area contributed by atoms with E-state index in [1.165, 1.54) is 0 Å². The quantitative estimate of drug-likeness (QED) is 0.459. The highest BCUT2D eigenvalue weighted by molar-refractivity contribution is 5.02. The maximum atomic E-state index is 5.65. The van der Waals surface area contributed by atoms with Gasteiger partial charge in [-0.1, -0.05) is 0 Å². The Morgan fingerprint density at radius 1 is 1.12 bits per heavy atom. The monoisotopic (exact) mass is 109 g/mol. The molecule has 0 aliphatic heterocycles. The summed E-state index contributed by atoms with van der Waals surface area (Å²) in [5, 5.41) is 0. The van der Waals surface area contributed by atoms with Crippen LogP contribution in [0.4, 0.5) is 0 Å². The fraction of sp³-hybridized carbons (Fsp3) is 0.714. The highest BCUT2D eigenvalue weighted by Crippen LogP contribution is 2.03. The van der Waals surface area contributed by atoms with Gasteiger partial charge < -0.3 is 5.73 Å². The molecule has 1 rings (SSSR count). The zero-order valence-corrected chi connectivity index (χ0v) is 4.98. The lowest BCUT2D eigenvalue weighted by molar-refractivity contribution is 0.596. The fourth-order valence-electron chi connectivity index (χ4n) is 0.836. The summed E-state index contributed by atoms with van der Waals surface area (Å²) in [4.78, 5) is 0. The predicted octanol–water partition coefficient (Wildman–Crippen LogP) is 0.891. The Balaban J connectivity index is 2.32. The summed E-state index contributed by atoms with van der Waals surface area (Å²) in [5.41, 5.74) is 5.65. The standard InChI is InChI=1S/C7H11N/c8-7-5-3-1-2-4-6-7/h7H,3-6,8H2. The van der Waals surface area contributed by atoms with Gasteiger partial charge in [-0.25, -0.2) is 0 Å². The van der Waals surface area contributed by atoms with Crippen LogP contribution in [0.1, 0.15) is 25.7 Å². The molecule has 0 spiro atoms. The maximum Gasteiger partial charge on any atom is 0.0103 e. The minimum atomic E-state index is 0.400. The first-order valence-electron chi connectivity index (χ1n) is 3.11. The first-order chi connectivity index (χ1) is 3.89. The van der Waals surface area contributed by atoms with E-state index in [1.807, 2.05) is 0 Å². The lowest BCUT2D eigenvalue weighted by atomic mass is 10.1. The Kier molecular flexibility index (Phi) is 1.93. The minimum absolute atomic E-state index is 0.400. The van der Waals surface area contributed by atoms with Crippen LogP contribution in [0.15, 0.2) is 0 Å². The Morgan fingerprint density at radius 3 is 2.12 bits per heavy atom. The number of hydrogen-bond acceptors (Lipinski definition) is 1. The molecule has 2 N–H and O–H groups in total. The number of hydrogen-bond donors (Lipinski definition) is 1. The van der Waals surface area contributed by atoms with Gasteiger partial charge in [0.1, 0.15) is 0 Å². The smallest absolute Gasteiger partial charge is 0.0103 e. The van der Waals surface area contributed by atoms with Crippen LogP contribution < -0.4 is 5.73 Å². The van der Waals surface area contributed by atoms with E-state index in [2.05, 4.69) is 11.8 Å². The van der Waals surface area contributed by atoms with Crippen molar-refractivity contribution in [1.29, 1.82) is 0 Å². The highest BCUT2D eigenvalue weighted by atomic mass is 14.6. The lowest BCUT2D eigenvalue weighted by Crippen LogP contribution is -2.17. The van der Waals surface area contributed by atoms with E-state index in [0.29, 0.717) is 6.04 Å². The molecule has 1 nitrogen and oxygen atoms in total. The van der Waals surface area contributed by atoms with Crippen molar-refractivity contribution in [1.82, 2.24) is 0 Å². The van der Waals surface area contributed by atoms with E-state index in [0.717, 1.165) is 25.7 Å². The summed E-state index contributed by atoms with van der Waals surface area (Å²) >= 11 is 0. The molecule has 0 radical (unpaired) electrons. The Morgan fingerprint density at radius 2 is 1.62 bits per heavy atom. The summed E-state index contributed by atoms with van der Waals surface area (Å²) in [6.45, 7) is 0. The van der Waals surface area contributed by atoms with Crippen molar-refractivity contribution in [3.05, 3.63) is 0 Å². The fourth-order valence-corrected chi connectivity index (χ4v) is 0.836. The molecule has 0 heterocycles. The molecule has 0 aromatic carbocycles. The molecule has 0 atom stereocenters. The Labute approximate surface area is 50.3 Å². The van der Waals surface area contributed by atoms with Crippen molar-refractivity contribution in [2.75, 3.05) is 0 Å². The topological polar surface area (TPSA) is 26.0 Å². The average Bonchev–Trinajstić information content (AvgIpc) is 1.94. The van der Waals surface area contributed by atoms with E-state index < -0.39 is 0 Å². The molecule has 1 aliphatic carbocycles. The van der Waals surface area contributed by atoms with E-state index in [9.17, 15) is 0 Å². The van der Waals surface area contributed by atoms with E-state index in [1.54, 1.807) is 0 Å². The van der Waals surface area contributed by atoms with Gasteiger partial charge >= 0.3 is 0 Å². The van der Waals surface area contributed by atoms with Crippen molar-refractivity contribution in [2.45, 2.75) is 31.7 Å². The largest absolute Gasteiger partial charge is 0.328 e. The molecule has 1 aliphatic rings. The third-order valence-corrected chi connectivity index (χ3v) is 1.41. The second-order valence-corrected chi connectivity index (χ2v) is 2.19. The molecule has 0 aromatic heterocycles. The second kappa shape index (κ2) is 2.74. The molecule has 0 fully saturated rings. The van der Waals surface area contributed by atoms with Crippen molar-refractivity contribution in [3.8, 4) is 11.8 Å². The van der Waals surface area contributed by atoms with E-state index >= 15 is 0 Å². The SMILES string of the molecule is NC1CCC#CCC1. The third kappa shape index (κ3) is 1.55. The maximum absolute atomic E-state index is 5.65. The molecule has 0 bridgehead atoms. The zero-order valence-electron chi connectivity index (χ0n) is 4.98. The molecular formula is C7H11N. The molecule has 1 heteroatoms. The van der Waals surface area contributed by atoms with Gasteiger partial charge in [0.15, 0.2) is 0 Å². The molecule has 0 unspecified atom stereocenters. The molecule has 0 saturated heterocycles. The Hall–Kier alpha value is -0.480. The Bertz CT molecular complexity index is 106. The highest BCUT2D eigenvalue weighted by Gasteiger charge is 2.00. The van der Waals surface area contributed by atoms with Gasteiger partial charge in [0.05, 0.1) is 0 Å². The van der Waals surface area contributed by atoms with Gasteiger partial charge in [0, 0.05) is 18.9 Å². The van der Waals surface area contributed by atoms with E-state index in [4.69, 9.17) is 5.73 Å². The van der Waals surface area contributed by atoms with Gasteiger partial charge in [-0.2, -0.15) is 0 Å². The van der Waals surface area contributed by atoms with Crippen LogP contribution in [0.25, 0.3) is 0 Å². The van der Waals surface area contributed by atoms with Crippen LogP contribution in [-0.4, -0.2) is 6.04 Å². The number of rotatable bonds is 0. The van der Waals surface area contributed by atoms with Gasteiger partial charge in [-0.15, -0.1) is 11.8 Å². The zero-order chi connectivity index (χ0) is 5.82. The van der Waals surface area contributed by atoms with Crippen molar-refractivity contribution < 1.29 is 0 Å². The van der Waals surface area contributed by atoms with Crippen LogP contribution in [-0.2, 0) is 0 Å². The molecule has 0 amide bonds. The second-order valence-electron chi connectivity index (χ2n) is 2.19.